The molecule has 2 aliphatic heterocycles. The summed E-state index contributed by atoms with van der Waals surface area (Å²) in [5, 5.41) is 14.0. The van der Waals surface area contributed by atoms with Crippen LogP contribution in [0.2, 0.25) is 5.02 Å². The molecule has 0 aromatic heterocycles. The lowest BCUT2D eigenvalue weighted by Crippen LogP contribution is -2.36. The number of aliphatic hydroxyl groups excluding tert-OH is 1. The standard InChI is InChI=1S/C20H23ClN2O3/c21-16-9-14(20-15(10-16)12-25-13-26-20)11-22-18-3-1-2-4-19(18)23-7-5-17(24)6-8-23/h1-4,9-10,17,22,24H,5-8,11-13H2. The minimum Gasteiger partial charge on any atom is -0.467 e. The molecule has 0 aliphatic carbocycles. The molecule has 2 heterocycles. The molecular weight excluding hydrogens is 352 g/mol. The molecule has 26 heavy (non-hydrogen) atoms. The van der Waals surface area contributed by atoms with Crippen LogP contribution in [0.3, 0.4) is 0 Å². The van der Waals surface area contributed by atoms with Gasteiger partial charge in [0.25, 0.3) is 0 Å². The van der Waals surface area contributed by atoms with Crippen LogP contribution < -0.4 is 15.0 Å². The number of para-hydroxylation sites is 2. The zero-order valence-corrected chi connectivity index (χ0v) is 15.3. The summed E-state index contributed by atoms with van der Waals surface area (Å²) < 4.78 is 11.0. The van der Waals surface area contributed by atoms with Gasteiger partial charge in [-0.05, 0) is 37.1 Å². The number of fused-ring (bicyclic) bond motifs is 1. The van der Waals surface area contributed by atoms with Crippen LogP contribution in [0.1, 0.15) is 24.0 Å². The number of ether oxygens (including phenoxy) is 2. The first-order valence-electron chi connectivity index (χ1n) is 8.98. The van der Waals surface area contributed by atoms with E-state index in [0.717, 1.165) is 48.5 Å². The quantitative estimate of drug-likeness (QED) is 0.853. The molecule has 2 aliphatic rings. The Bertz CT molecular complexity index is 776. The van der Waals surface area contributed by atoms with Crippen molar-refractivity contribution in [2.45, 2.75) is 32.1 Å². The normalized spacial score (nSPS) is 17.5. The highest BCUT2D eigenvalue weighted by molar-refractivity contribution is 6.30. The molecule has 2 aromatic rings. The highest BCUT2D eigenvalue weighted by atomic mass is 35.5. The fraction of sp³-hybridized carbons (Fsp3) is 0.400. The van der Waals surface area contributed by atoms with Gasteiger partial charge in [-0.2, -0.15) is 0 Å². The Kier molecular flexibility index (Phi) is 5.20. The largest absolute Gasteiger partial charge is 0.467 e. The van der Waals surface area contributed by atoms with Gasteiger partial charge in [-0.15, -0.1) is 0 Å². The minimum absolute atomic E-state index is 0.177. The van der Waals surface area contributed by atoms with Gasteiger partial charge in [0.15, 0.2) is 6.79 Å². The lowest BCUT2D eigenvalue weighted by atomic mass is 10.1. The summed E-state index contributed by atoms with van der Waals surface area (Å²) in [7, 11) is 0. The van der Waals surface area contributed by atoms with E-state index < -0.39 is 0 Å². The first-order valence-corrected chi connectivity index (χ1v) is 9.36. The SMILES string of the molecule is OC1CCN(c2ccccc2NCc2cc(Cl)cc3c2OCOC3)CC1. The van der Waals surface area contributed by atoms with Crippen molar-refractivity contribution in [1.29, 1.82) is 0 Å². The number of nitrogens with zero attached hydrogens (tertiary/aromatic N) is 1. The number of aliphatic hydroxyl groups is 1. The molecule has 0 spiro atoms. The van der Waals surface area contributed by atoms with E-state index in [1.54, 1.807) is 0 Å². The van der Waals surface area contributed by atoms with Crippen LogP contribution in [0.15, 0.2) is 36.4 Å². The van der Waals surface area contributed by atoms with Crippen molar-refractivity contribution in [2.24, 2.45) is 0 Å². The number of benzene rings is 2. The number of nitrogens with one attached hydrogen (secondary N) is 1. The van der Waals surface area contributed by atoms with Crippen molar-refractivity contribution in [3.63, 3.8) is 0 Å². The summed E-state index contributed by atoms with van der Waals surface area (Å²) in [5.41, 5.74) is 4.25. The monoisotopic (exact) mass is 374 g/mol. The molecule has 0 unspecified atom stereocenters. The second-order valence-electron chi connectivity index (χ2n) is 6.75. The van der Waals surface area contributed by atoms with Gasteiger partial charge < -0.3 is 24.8 Å². The third-order valence-electron chi connectivity index (χ3n) is 4.93. The van der Waals surface area contributed by atoms with Gasteiger partial charge in [-0.1, -0.05) is 23.7 Å². The number of halogens is 1. The molecular formula is C20H23ClN2O3. The summed E-state index contributed by atoms with van der Waals surface area (Å²) in [6.45, 7) is 3.15. The predicted octanol–water partition coefficient (Wildman–Crippen LogP) is 3.78. The van der Waals surface area contributed by atoms with Crippen LogP contribution in [0, 0.1) is 0 Å². The molecule has 2 aromatic carbocycles. The summed E-state index contributed by atoms with van der Waals surface area (Å²) in [6, 6.07) is 12.1. The average molecular weight is 375 g/mol. The second-order valence-corrected chi connectivity index (χ2v) is 7.19. The average Bonchev–Trinajstić information content (AvgIpc) is 2.67. The molecule has 0 atom stereocenters. The van der Waals surface area contributed by atoms with Gasteiger partial charge in [-0.25, -0.2) is 0 Å². The lowest BCUT2D eigenvalue weighted by Gasteiger charge is -2.33. The summed E-state index contributed by atoms with van der Waals surface area (Å²) in [6.07, 6.45) is 1.44. The van der Waals surface area contributed by atoms with Crippen molar-refractivity contribution in [1.82, 2.24) is 0 Å². The van der Waals surface area contributed by atoms with Gasteiger partial charge in [0.05, 0.1) is 24.1 Å². The first kappa shape index (κ1) is 17.5. The summed E-state index contributed by atoms with van der Waals surface area (Å²) >= 11 is 6.26. The van der Waals surface area contributed by atoms with E-state index in [2.05, 4.69) is 22.3 Å². The number of hydrogen-bond donors (Lipinski definition) is 2. The molecule has 0 amide bonds. The molecule has 5 nitrogen and oxygen atoms in total. The molecule has 4 rings (SSSR count). The zero-order valence-electron chi connectivity index (χ0n) is 14.6. The molecule has 6 heteroatoms. The minimum atomic E-state index is -0.177. The lowest BCUT2D eigenvalue weighted by molar-refractivity contribution is -0.0169. The maximum absolute atomic E-state index is 9.75. The van der Waals surface area contributed by atoms with Crippen molar-refractivity contribution in [3.8, 4) is 5.75 Å². The van der Waals surface area contributed by atoms with Crippen LogP contribution in [0.25, 0.3) is 0 Å². The van der Waals surface area contributed by atoms with Crippen LogP contribution in [0.4, 0.5) is 11.4 Å². The van der Waals surface area contributed by atoms with Crippen LogP contribution >= 0.6 is 11.6 Å². The van der Waals surface area contributed by atoms with Crippen molar-refractivity contribution in [2.75, 3.05) is 30.1 Å². The molecule has 1 saturated heterocycles. The van der Waals surface area contributed by atoms with Crippen molar-refractivity contribution < 1.29 is 14.6 Å². The van der Waals surface area contributed by atoms with Crippen LogP contribution in [-0.2, 0) is 17.9 Å². The Hall–Kier alpha value is -1.95. The Labute approximate surface area is 158 Å². The molecule has 0 radical (unpaired) electrons. The second kappa shape index (κ2) is 7.74. The highest BCUT2D eigenvalue weighted by Crippen LogP contribution is 2.33. The zero-order chi connectivity index (χ0) is 17.9. The Morgan fingerprint density at radius 3 is 2.85 bits per heavy atom. The highest BCUT2D eigenvalue weighted by Gasteiger charge is 2.20. The molecule has 2 N–H and O–H groups in total. The van der Waals surface area contributed by atoms with Crippen LogP contribution in [0.5, 0.6) is 5.75 Å². The van der Waals surface area contributed by atoms with Gasteiger partial charge >= 0.3 is 0 Å². The van der Waals surface area contributed by atoms with Crippen LogP contribution in [-0.4, -0.2) is 31.1 Å². The Balaban J connectivity index is 1.53. The summed E-state index contributed by atoms with van der Waals surface area (Å²) in [4.78, 5) is 2.33. The van der Waals surface area contributed by atoms with E-state index in [1.165, 1.54) is 5.69 Å². The number of hydrogen-bond acceptors (Lipinski definition) is 5. The van der Waals surface area contributed by atoms with Gasteiger partial charge in [0.2, 0.25) is 0 Å². The van der Waals surface area contributed by atoms with Crippen molar-refractivity contribution >= 4 is 23.0 Å². The Morgan fingerprint density at radius 2 is 2.00 bits per heavy atom. The van der Waals surface area contributed by atoms with Crippen molar-refractivity contribution in [3.05, 3.63) is 52.5 Å². The van der Waals surface area contributed by atoms with Gasteiger partial charge in [0.1, 0.15) is 5.75 Å². The topological polar surface area (TPSA) is 54.0 Å². The van der Waals surface area contributed by atoms with E-state index in [-0.39, 0.29) is 12.9 Å². The van der Waals surface area contributed by atoms with Gasteiger partial charge in [-0.3, -0.25) is 0 Å². The number of rotatable bonds is 4. The molecule has 0 saturated carbocycles. The number of anilines is 2. The van der Waals surface area contributed by atoms with E-state index in [1.807, 2.05) is 24.3 Å². The molecule has 138 valence electrons. The van der Waals surface area contributed by atoms with Gasteiger partial charge in [0, 0.05) is 35.8 Å². The van der Waals surface area contributed by atoms with E-state index in [0.29, 0.717) is 18.2 Å². The fourth-order valence-electron chi connectivity index (χ4n) is 3.58. The smallest absolute Gasteiger partial charge is 0.189 e. The predicted molar refractivity (Wildman–Crippen MR) is 103 cm³/mol. The number of piperidine rings is 1. The van der Waals surface area contributed by atoms with E-state index in [4.69, 9.17) is 21.1 Å². The third kappa shape index (κ3) is 3.75. The molecule has 0 bridgehead atoms. The Morgan fingerprint density at radius 1 is 1.19 bits per heavy atom. The summed E-state index contributed by atoms with van der Waals surface area (Å²) in [5.74, 6) is 0.867. The maximum atomic E-state index is 9.75. The third-order valence-corrected chi connectivity index (χ3v) is 5.15. The van der Waals surface area contributed by atoms with E-state index >= 15 is 0 Å². The first-order chi connectivity index (χ1) is 12.7. The fourth-order valence-corrected chi connectivity index (χ4v) is 3.85. The molecule has 1 fully saturated rings. The van der Waals surface area contributed by atoms with E-state index in [9.17, 15) is 5.11 Å². The maximum Gasteiger partial charge on any atom is 0.189 e.